The van der Waals surface area contributed by atoms with E-state index in [-0.39, 0.29) is 11.9 Å². The van der Waals surface area contributed by atoms with Gasteiger partial charge in [0.15, 0.2) is 0 Å². The zero-order valence-corrected chi connectivity index (χ0v) is 6.57. The molecule has 0 aromatic carbocycles. The van der Waals surface area contributed by atoms with E-state index >= 15 is 0 Å². The van der Waals surface area contributed by atoms with E-state index in [1.165, 1.54) is 7.11 Å². The first kappa shape index (κ1) is 11.6. The highest BCUT2D eigenvalue weighted by Crippen LogP contribution is 1.91. The molecule has 0 bridgehead atoms. The minimum Gasteiger partial charge on any atom is -0.344 e. The fraction of sp³-hybridized carbons (Fsp3) is 1.00. The molecule has 9 heavy (non-hydrogen) atoms. The van der Waals surface area contributed by atoms with E-state index in [4.69, 9.17) is 0 Å². The van der Waals surface area contributed by atoms with Crippen LogP contribution >= 0.6 is 0 Å². The Hall–Kier alpha value is -0.130. The van der Waals surface area contributed by atoms with Crippen molar-refractivity contribution in [3.05, 3.63) is 0 Å². The molecular weight excluding hydrogens is 142 g/mol. The van der Waals surface area contributed by atoms with Gasteiger partial charge in [0.2, 0.25) is 0 Å². The first-order valence-electron chi connectivity index (χ1n) is 2.40. The highest BCUT2D eigenvalue weighted by Gasteiger charge is 2.03. The quantitative estimate of drug-likeness (QED) is 0.603. The molecule has 0 aromatic rings. The number of rotatable bonds is 3. The first-order valence-corrected chi connectivity index (χ1v) is 3.98. The molecule has 0 atom stereocenters. The van der Waals surface area contributed by atoms with Crippen molar-refractivity contribution < 1.29 is 12.6 Å². The van der Waals surface area contributed by atoms with Gasteiger partial charge >= 0.3 is 0 Å². The van der Waals surface area contributed by atoms with Crippen LogP contribution < -0.4 is 6.15 Å². The van der Waals surface area contributed by atoms with Crippen molar-refractivity contribution in [3.63, 3.8) is 0 Å². The van der Waals surface area contributed by atoms with Gasteiger partial charge in [0, 0.05) is 0 Å². The largest absolute Gasteiger partial charge is 0.344 e. The predicted octanol–water partition coefficient (Wildman–Crippen LogP) is 0.535. The summed E-state index contributed by atoms with van der Waals surface area (Å²) >= 11 is 0. The Bertz CT molecular complexity index is 140. The molecule has 0 saturated heterocycles. The van der Waals surface area contributed by atoms with Gasteiger partial charge in [-0.15, -0.1) is 0 Å². The van der Waals surface area contributed by atoms with Crippen LogP contribution in [-0.4, -0.2) is 21.3 Å². The van der Waals surface area contributed by atoms with Gasteiger partial charge in [-0.3, -0.25) is 4.18 Å². The normalized spacial score (nSPS) is 10.4. The van der Waals surface area contributed by atoms with Crippen molar-refractivity contribution in [2.24, 2.45) is 0 Å². The lowest BCUT2D eigenvalue weighted by atomic mass is 10.6. The van der Waals surface area contributed by atoms with E-state index in [0.29, 0.717) is 6.42 Å². The Kier molecular flexibility index (Phi) is 6.11. The highest BCUT2D eigenvalue weighted by atomic mass is 32.2. The van der Waals surface area contributed by atoms with Crippen LogP contribution in [0.2, 0.25) is 0 Å². The predicted molar refractivity (Wildman–Crippen MR) is 36.1 cm³/mol. The summed E-state index contributed by atoms with van der Waals surface area (Å²) in [4.78, 5) is 0. The smallest absolute Gasteiger partial charge is 0.267 e. The topological polar surface area (TPSA) is 78.4 Å². The van der Waals surface area contributed by atoms with Crippen molar-refractivity contribution in [1.29, 1.82) is 0 Å². The van der Waals surface area contributed by atoms with Crippen LogP contribution in [0.15, 0.2) is 0 Å². The van der Waals surface area contributed by atoms with Crippen molar-refractivity contribution in [3.8, 4) is 0 Å². The van der Waals surface area contributed by atoms with E-state index in [0.717, 1.165) is 0 Å². The molecule has 58 valence electrons. The third-order valence-corrected chi connectivity index (χ3v) is 2.12. The minimum absolute atomic E-state index is 0. The summed E-state index contributed by atoms with van der Waals surface area (Å²) in [6, 6.07) is 0. The van der Waals surface area contributed by atoms with Gasteiger partial charge in [-0.05, 0) is 6.42 Å². The Morgan fingerprint density at radius 1 is 1.44 bits per heavy atom. The van der Waals surface area contributed by atoms with Crippen LogP contribution in [0.4, 0.5) is 0 Å². The van der Waals surface area contributed by atoms with Crippen LogP contribution in [0.1, 0.15) is 13.3 Å². The zero-order chi connectivity index (χ0) is 6.62. The molecule has 0 aliphatic heterocycles. The van der Waals surface area contributed by atoms with E-state index in [2.05, 4.69) is 4.18 Å². The standard InChI is InChI=1S/C4H10O3S.H3N/c1-3-4-8(5,6)7-2;/h3-4H2,1-2H3;1H3. The molecule has 0 saturated carbocycles. The van der Waals surface area contributed by atoms with Crippen LogP contribution in [0.25, 0.3) is 0 Å². The molecule has 0 rings (SSSR count). The molecule has 0 heterocycles. The van der Waals surface area contributed by atoms with Crippen molar-refractivity contribution in [2.75, 3.05) is 12.9 Å². The zero-order valence-electron chi connectivity index (χ0n) is 5.75. The SMILES string of the molecule is CCCS(=O)(=O)OC.N. The second kappa shape index (κ2) is 4.72. The minimum atomic E-state index is -3.17. The van der Waals surface area contributed by atoms with Gasteiger partial charge < -0.3 is 6.15 Å². The summed E-state index contributed by atoms with van der Waals surface area (Å²) in [6.07, 6.45) is 0.607. The molecule has 0 fully saturated rings. The van der Waals surface area contributed by atoms with Crippen molar-refractivity contribution in [1.82, 2.24) is 6.15 Å². The first-order chi connectivity index (χ1) is 3.62. The number of hydrogen-bond acceptors (Lipinski definition) is 4. The molecule has 0 unspecified atom stereocenters. The van der Waals surface area contributed by atoms with Crippen LogP contribution in [0, 0.1) is 0 Å². The van der Waals surface area contributed by atoms with Gasteiger partial charge in [0.1, 0.15) is 0 Å². The molecule has 0 aliphatic carbocycles. The Morgan fingerprint density at radius 2 is 1.89 bits per heavy atom. The lowest BCUT2D eigenvalue weighted by molar-refractivity contribution is 0.397. The molecule has 0 spiro atoms. The van der Waals surface area contributed by atoms with Crippen molar-refractivity contribution >= 4 is 10.1 Å². The summed E-state index contributed by atoms with van der Waals surface area (Å²) in [5, 5.41) is 0. The summed E-state index contributed by atoms with van der Waals surface area (Å²) < 4.78 is 24.9. The molecule has 3 N–H and O–H groups in total. The molecular formula is C4H13NO3S. The Morgan fingerprint density at radius 3 is 2.00 bits per heavy atom. The van der Waals surface area contributed by atoms with Gasteiger partial charge in [-0.25, -0.2) is 0 Å². The summed E-state index contributed by atoms with van der Waals surface area (Å²) in [7, 11) is -2.00. The second-order valence-corrected chi connectivity index (χ2v) is 3.29. The fourth-order valence-corrected chi connectivity index (χ4v) is 1.000. The average Bonchev–Trinajstić information content (AvgIpc) is 1.67. The lowest BCUT2D eigenvalue weighted by Gasteiger charge is -1.94. The van der Waals surface area contributed by atoms with Gasteiger partial charge in [-0.2, -0.15) is 8.42 Å². The summed E-state index contributed by atoms with van der Waals surface area (Å²) in [5.41, 5.74) is 0. The monoisotopic (exact) mass is 155 g/mol. The molecule has 0 aliphatic rings. The second-order valence-electron chi connectivity index (χ2n) is 1.43. The van der Waals surface area contributed by atoms with Gasteiger partial charge in [0.25, 0.3) is 10.1 Å². The van der Waals surface area contributed by atoms with E-state index in [9.17, 15) is 8.42 Å². The Balaban J connectivity index is 0. The highest BCUT2D eigenvalue weighted by molar-refractivity contribution is 7.86. The molecule has 5 heteroatoms. The van der Waals surface area contributed by atoms with E-state index in [1.807, 2.05) is 0 Å². The summed E-state index contributed by atoms with van der Waals surface area (Å²) in [5.74, 6) is 0.115. The molecule has 0 aromatic heterocycles. The Labute approximate surface area is 55.9 Å². The fourth-order valence-electron chi connectivity index (χ4n) is 0.333. The maximum atomic E-state index is 10.4. The maximum Gasteiger partial charge on any atom is 0.267 e. The number of hydrogen-bond donors (Lipinski definition) is 1. The third-order valence-electron chi connectivity index (χ3n) is 0.708. The maximum absolute atomic E-state index is 10.4. The van der Waals surface area contributed by atoms with Crippen LogP contribution in [0.5, 0.6) is 0 Å². The molecule has 0 radical (unpaired) electrons. The van der Waals surface area contributed by atoms with Crippen LogP contribution in [-0.2, 0) is 14.3 Å². The third kappa shape index (κ3) is 5.75. The average molecular weight is 155 g/mol. The van der Waals surface area contributed by atoms with E-state index < -0.39 is 10.1 Å². The van der Waals surface area contributed by atoms with Crippen molar-refractivity contribution in [2.45, 2.75) is 13.3 Å². The van der Waals surface area contributed by atoms with Crippen LogP contribution in [0.3, 0.4) is 0 Å². The summed E-state index contributed by atoms with van der Waals surface area (Å²) in [6.45, 7) is 1.79. The molecule has 4 nitrogen and oxygen atoms in total. The lowest BCUT2D eigenvalue weighted by Crippen LogP contribution is -2.05. The van der Waals surface area contributed by atoms with E-state index in [1.54, 1.807) is 6.92 Å². The van der Waals surface area contributed by atoms with Gasteiger partial charge in [-0.1, -0.05) is 6.92 Å². The van der Waals surface area contributed by atoms with Gasteiger partial charge in [0.05, 0.1) is 12.9 Å². The molecule has 0 amide bonds.